The monoisotopic (exact) mass is 712 g/mol. The quantitative estimate of drug-likeness (QED) is 0.170. The standard InChI is InChI=1S/C54H32O2/c1-2-11-33(12-3-1)37-13-10-14-39(31-37)51-42-17-6-4-15-40(42)50(41-16-5-7-18-43(41)51)36-24-21-34(22-25-36)38-26-23-35-27-28-45-53-49(56-54(45)46(35)32-38)30-29-48-52(53)44-19-8-9-20-47(44)55-48/h1-32H. The highest BCUT2D eigenvalue weighted by Crippen LogP contribution is 2.46. The van der Waals surface area contributed by atoms with Crippen molar-refractivity contribution in [1.29, 1.82) is 0 Å². The summed E-state index contributed by atoms with van der Waals surface area (Å²) in [4.78, 5) is 0. The molecule has 12 aromatic rings. The van der Waals surface area contributed by atoms with Crippen LogP contribution in [0.5, 0.6) is 0 Å². The fraction of sp³-hybridized carbons (Fsp3) is 0. The second-order valence-electron chi connectivity index (χ2n) is 14.8. The van der Waals surface area contributed by atoms with Crippen molar-refractivity contribution < 1.29 is 8.83 Å². The van der Waals surface area contributed by atoms with E-state index in [0.717, 1.165) is 65.8 Å². The SMILES string of the molecule is c1ccc(-c2cccc(-c3c4ccccc4c(-c4ccc(-c5ccc6ccc7c(oc8ccc9oc%10ccccc%10c9c87)c6c5)cc4)c4ccccc34)c2)cc1. The Kier molecular flexibility index (Phi) is 6.66. The fourth-order valence-corrected chi connectivity index (χ4v) is 9.10. The van der Waals surface area contributed by atoms with Crippen molar-refractivity contribution in [2.45, 2.75) is 0 Å². The van der Waals surface area contributed by atoms with Crippen LogP contribution < -0.4 is 0 Å². The van der Waals surface area contributed by atoms with E-state index in [0.29, 0.717) is 0 Å². The highest BCUT2D eigenvalue weighted by atomic mass is 16.3. The van der Waals surface area contributed by atoms with E-state index in [-0.39, 0.29) is 0 Å². The molecule has 0 aliphatic carbocycles. The molecule has 0 saturated heterocycles. The van der Waals surface area contributed by atoms with E-state index in [1.807, 2.05) is 24.3 Å². The van der Waals surface area contributed by atoms with Crippen molar-refractivity contribution in [2.24, 2.45) is 0 Å². The van der Waals surface area contributed by atoms with Crippen molar-refractivity contribution in [2.75, 3.05) is 0 Å². The van der Waals surface area contributed by atoms with Crippen molar-refractivity contribution in [1.82, 2.24) is 0 Å². The zero-order valence-electron chi connectivity index (χ0n) is 30.3. The largest absolute Gasteiger partial charge is 0.456 e. The lowest BCUT2D eigenvalue weighted by Crippen LogP contribution is -1.91. The third-order valence-electron chi connectivity index (χ3n) is 11.7. The summed E-state index contributed by atoms with van der Waals surface area (Å²) in [5.41, 5.74) is 13.2. The van der Waals surface area contributed by atoms with Gasteiger partial charge in [-0.15, -0.1) is 0 Å². The number of furan rings is 2. The van der Waals surface area contributed by atoms with E-state index in [2.05, 4.69) is 170 Å². The topological polar surface area (TPSA) is 26.3 Å². The first-order valence-electron chi connectivity index (χ1n) is 19.2. The van der Waals surface area contributed by atoms with Crippen LogP contribution in [-0.2, 0) is 0 Å². The third kappa shape index (κ3) is 4.63. The average Bonchev–Trinajstić information content (AvgIpc) is 3.84. The zero-order valence-corrected chi connectivity index (χ0v) is 30.3. The highest BCUT2D eigenvalue weighted by Gasteiger charge is 2.19. The molecule has 10 aromatic carbocycles. The molecule has 0 aliphatic rings. The molecule has 56 heavy (non-hydrogen) atoms. The van der Waals surface area contributed by atoms with Crippen LogP contribution in [0, 0.1) is 0 Å². The van der Waals surface area contributed by atoms with Gasteiger partial charge in [-0.3, -0.25) is 0 Å². The van der Waals surface area contributed by atoms with Gasteiger partial charge < -0.3 is 8.83 Å². The van der Waals surface area contributed by atoms with Crippen molar-refractivity contribution in [3.63, 3.8) is 0 Å². The number of hydrogen-bond donors (Lipinski definition) is 0. The van der Waals surface area contributed by atoms with Crippen LogP contribution in [0.2, 0.25) is 0 Å². The molecule has 0 unspecified atom stereocenters. The molecule has 0 amide bonds. The maximum absolute atomic E-state index is 6.67. The number of benzene rings is 10. The van der Waals surface area contributed by atoms with E-state index in [1.165, 1.54) is 54.9 Å². The summed E-state index contributed by atoms with van der Waals surface area (Å²) < 4.78 is 12.9. The van der Waals surface area contributed by atoms with Crippen molar-refractivity contribution >= 4 is 76.2 Å². The summed E-state index contributed by atoms with van der Waals surface area (Å²) >= 11 is 0. The predicted molar refractivity (Wildman–Crippen MR) is 235 cm³/mol. The average molecular weight is 713 g/mol. The molecule has 0 fully saturated rings. The van der Waals surface area contributed by atoms with E-state index in [1.54, 1.807) is 0 Å². The maximum atomic E-state index is 6.67. The van der Waals surface area contributed by atoms with Crippen LogP contribution in [0.3, 0.4) is 0 Å². The molecule has 0 spiro atoms. The Bertz CT molecular complexity index is 3450. The Hall–Kier alpha value is -7.42. The van der Waals surface area contributed by atoms with Crippen LogP contribution in [0.15, 0.2) is 203 Å². The summed E-state index contributed by atoms with van der Waals surface area (Å²) in [6.07, 6.45) is 0. The first kappa shape index (κ1) is 31.0. The molecule has 12 rings (SSSR count). The minimum Gasteiger partial charge on any atom is -0.456 e. The number of hydrogen-bond acceptors (Lipinski definition) is 2. The van der Waals surface area contributed by atoms with Crippen LogP contribution >= 0.6 is 0 Å². The van der Waals surface area contributed by atoms with E-state index < -0.39 is 0 Å². The molecule has 0 bridgehead atoms. The van der Waals surface area contributed by atoms with Gasteiger partial charge in [0.15, 0.2) is 0 Å². The summed E-state index contributed by atoms with van der Waals surface area (Å²) in [6.45, 7) is 0. The third-order valence-corrected chi connectivity index (χ3v) is 11.7. The second-order valence-corrected chi connectivity index (χ2v) is 14.8. The maximum Gasteiger partial charge on any atom is 0.143 e. The second kappa shape index (κ2) is 12.0. The van der Waals surface area contributed by atoms with Gasteiger partial charge in [-0.05, 0) is 108 Å². The summed E-state index contributed by atoms with van der Waals surface area (Å²) in [5, 5.41) is 11.7. The summed E-state index contributed by atoms with van der Waals surface area (Å²) in [7, 11) is 0. The highest BCUT2D eigenvalue weighted by molar-refractivity contribution is 6.28. The minimum atomic E-state index is 0.871. The lowest BCUT2D eigenvalue weighted by Gasteiger charge is -2.18. The van der Waals surface area contributed by atoms with Gasteiger partial charge in [0.1, 0.15) is 22.3 Å². The Morgan fingerprint density at radius 3 is 1.48 bits per heavy atom. The lowest BCUT2D eigenvalue weighted by atomic mass is 9.85. The molecular formula is C54H32O2. The molecular weight excluding hydrogens is 681 g/mol. The first-order valence-corrected chi connectivity index (χ1v) is 19.2. The molecule has 0 radical (unpaired) electrons. The molecule has 2 aromatic heterocycles. The molecule has 0 atom stereocenters. The van der Waals surface area contributed by atoms with Gasteiger partial charge >= 0.3 is 0 Å². The Morgan fingerprint density at radius 1 is 0.250 bits per heavy atom. The van der Waals surface area contributed by atoms with Gasteiger partial charge in [-0.1, -0.05) is 158 Å². The normalized spacial score (nSPS) is 11.9. The van der Waals surface area contributed by atoms with Crippen LogP contribution in [0.25, 0.3) is 121 Å². The smallest absolute Gasteiger partial charge is 0.143 e. The van der Waals surface area contributed by atoms with Gasteiger partial charge in [0.2, 0.25) is 0 Å². The van der Waals surface area contributed by atoms with E-state index in [4.69, 9.17) is 8.83 Å². The zero-order chi connectivity index (χ0) is 36.7. The predicted octanol–water partition coefficient (Wildman–Crippen LogP) is 15.6. The Morgan fingerprint density at radius 2 is 0.750 bits per heavy atom. The van der Waals surface area contributed by atoms with Gasteiger partial charge in [0.05, 0.1) is 0 Å². The minimum absolute atomic E-state index is 0.871. The van der Waals surface area contributed by atoms with Crippen molar-refractivity contribution in [3.8, 4) is 44.5 Å². The van der Waals surface area contributed by atoms with Crippen LogP contribution in [0.4, 0.5) is 0 Å². The van der Waals surface area contributed by atoms with Gasteiger partial charge in [0.25, 0.3) is 0 Å². The van der Waals surface area contributed by atoms with E-state index in [9.17, 15) is 0 Å². The lowest BCUT2D eigenvalue weighted by molar-refractivity contribution is 0.664. The summed E-state index contributed by atoms with van der Waals surface area (Å²) in [6, 6.07) is 69.9. The number of fused-ring (bicyclic) bond motifs is 11. The van der Waals surface area contributed by atoms with Crippen LogP contribution in [-0.4, -0.2) is 0 Å². The summed E-state index contributed by atoms with van der Waals surface area (Å²) in [5.74, 6) is 0. The Labute approximate surface area is 322 Å². The fourth-order valence-electron chi connectivity index (χ4n) is 9.10. The first-order chi connectivity index (χ1) is 27.8. The molecule has 2 heteroatoms. The molecule has 260 valence electrons. The molecule has 0 saturated carbocycles. The number of rotatable bonds is 4. The molecule has 2 nitrogen and oxygen atoms in total. The molecule has 2 heterocycles. The van der Waals surface area contributed by atoms with E-state index >= 15 is 0 Å². The number of para-hydroxylation sites is 1. The van der Waals surface area contributed by atoms with Gasteiger partial charge in [-0.25, -0.2) is 0 Å². The molecule has 0 N–H and O–H groups in total. The molecule has 0 aliphatic heterocycles. The Balaban J connectivity index is 0.995. The van der Waals surface area contributed by atoms with Gasteiger partial charge in [-0.2, -0.15) is 0 Å². The van der Waals surface area contributed by atoms with Crippen molar-refractivity contribution in [3.05, 3.63) is 194 Å². The van der Waals surface area contributed by atoms with Gasteiger partial charge in [0, 0.05) is 26.9 Å². The van der Waals surface area contributed by atoms with Crippen LogP contribution in [0.1, 0.15) is 0 Å².